The maximum absolute atomic E-state index is 12.6. The normalized spacial score (nSPS) is 11.5. The highest BCUT2D eigenvalue weighted by molar-refractivity contribution is 9.10. The van der Waals surface area contributed by atoms with Crippen molar-refractivity contribution in [2.45, 2.75) is 10.9 Å². The molecule has 0 unspecified atom stereocenters. The van der Waals surface area contributed by atoms with E-state index in [1.165, 1.54) is 4.68 Å². The molecule has 3 rings (SSSR count). The Hall–Kier alpha value is -2.06. The lowest BCUT2D eigenvalue weighted by Gasteiger charge is -2.06. The van der Waals surface area contributed by atoms with Gasteiger partial charge in [0.05, 0.1) is 11.4 Å². The summed E-state index contributed by atoms with van der Waals surface area (Å²) < 4.78 is 27.3. The minimum absolute atomic E-state index is 0.159. The van der Waals surface area contributed by atoms with Crippen LogP contribution in [0.4, 0.5) is 0 Å². The van der Waals surface area contributed by atoms with Crippen molar-refractivity contribution in [3.8, 4) is 5.69 Å². The molecule has 0 atom stereocenters. The Bertz CT molecular complexity index is 877. The van der Waals surface area contributed by atoms with Crippen LogP contribution in [-0.4, -0.2) is 28.6 Å². The predicted molar refractivity (Wildman–Crippen MR) is 84.2 cm³/mol. The summed E-state index contributed by atoms with van der Waals surface area (Å²) in [5, 5.41) is 10.8. The monoisotopic (exact) mass is 378 g/mol. The highest BCUT2D eigenvalue weighted by Crippen LogP contribution is 2.18. The van der Waals surface area contributed by atoms with Gasteiger partial charge in [0.15, 0.2) is 0 Å². The zero-order valence-electron chi connectivity index (χ0n) is 11.3. The molecule has 8 heteroatoms. The van der Waals surface area contributed by atoms with Crippen LogP contribution in [0, 0.1) is 0 Å². The molecule has 0 N–H and O–H groups in total. The molecule has 112 valence electrons. The van der Waals surface area contributed by atoms with Gasteiger partial charge in [-0.2, -0.15) is 4.68 Å². The maximum atomic E-state index is 12.6. The van der Waals surface area contributed by atoms with Gasteiger partial charge >= 0.3 is 0 Å². The molecule has 1 aromatic heterocycles. The molecule has 0 aliphatic rings. The topological polar surface area (TPSA) is 77.7 Å². The first-order valence-electron chi connectivity index (χ1n) is 6.37. The van der Waals surface area contributed by atoms with Crippen LogP contribution in [0.1, 0.15) is 5.56 Å². The van der Waals surface area contributed by atoms with Crippen LogP contribution < -0.4 is 0 Å². The lowest BCUT2D eigenvalue weighted by atomic mass is 10.2. The van der Waals surface area contributed by atoms with Gasteiger partial charge in [-0.1, -0.05) is 51.4 Å². The predicted octanol–water partition coefficient (Wildman–Crippen LogP) is 2.40. The first-order valence-corrected chi connectivity index (χ1v) is 8.82. The molecule has 0 radical (unpaired) electrons. The van der Waals surface area contributed by atoms with Gasteiger partial charge in [0.2, 0.25) is 9.84 Å². The SMILES string of the molecule is O=S(=O)(Cc1ccc(Br)cc1)c1nnnn1-c1ccccc1. The van der Waals surface area contributed by atoms with Crippen molar-refractivity contribution in [2.24, 2.45) is 0 Å². The van der Waals surface area contributed by atoms with Gasteiger partial charge in [-0.3, -0.25) is 0 Å². The van der Waals surface area contributed by atoms with Crippen molar-refractivity contribution in [1.82, 2.24) is 20.2 Å². The average molecular weight is 379 g/mol. The van der Waals surface area contributed by atoms with Crippen LogP contribution in [0.25, 0.3) is 5.69 Å². The lowest BCUT2D eigenvalue weighted by Crippen LogP contribution is -2.12. The molecule has 0 aliphatic heterocycles. The smallest absolute Gasteiger partial charge is 0.220 e. The highest BCUT2D eigenvalue weighted by Gasteiger charge is 2.24. The third kappa shape index (κ3) is 3.07. The Kier molecular flexibility index (Phi) is 4.04. The number of halogens is 1. The molecule has 22 heavy (non-hydrogen) atoms. The molecule has 0 saturated heterocycles. The minimum atomic E-state index is -3.65. The summed E-state index contributed by atoms with van der Waals surface area (Å²) in [4.78, 5) is 0. The number of hydrogen-bond acceptors (Lipinski definition) is 5. The molecular formula is C14H11BrN4O2S. The Balaban J connectivity index is 1.97. The van der Waals surface area contributed by atoms with Gasteiger partial charge in [0, 0.05) is 4.47 Å². The Morgan fingerprint density at radius 3 is 2.36 bits per heavy atom. The molecule has 0 spiro atoms. The number of sulfone groups is 1. The summed E-state index contributed by atoms with van der Waals surface area (Å²) >= 11 is 3.32. The standard InChI is InChI=1S/C14H11BrN4O2S/c15-12-8-6-11(7-9-12)10-22(20,21)14-16-17-18-19(14)13-4-2-1-3-5-13/h1-9H,10H2. The molecule has 2 aromatic carbocycles. The van der Waals surface area contributed by atoms with E-state index in [4.69, 9.17) is 0 Å². The van der Waals surface area contributed by atoms with Gasteiger partial charge in [-0.25, -0.2) is 8.42 Å². The largest absolute Gasteiger partial charge is 0.272 e. The molecule has 0 aliphatic carbocycles. The second-order valence-electron chi connectivity index (χ2n) is 4.59. The van der Waals surface area contributed by atoms with Crippen LogP contribution in [0.15, 0.2) is 64.2 Å². The van der Waals surface area contributed by atoms with E-state index in [1.54, 1.807) is 48.5 Å². The van der Waals surface area contributed by atoms with E-state index in [0.717, 1.165) is 4.47 Å². The summed E-state index contributed by atoms with van der Waals surface area (Å²) in [7, 11) is -3.65. The zero-order chi connectivity index (χ0) is 15.6. The van der Waals surface area contributed by atoms with Crippen LogP contribution in [-0.2, 0) is 15.6 Å². The Morgan fingerprint density at radius 2 is 1.68 bits per heavy atom. The van der Waals surface area contributed by atoms with E-state index < -0.39 is 9.84 Å². The van der Waals surface area contributed by atoms with E-state index in [2.05, 4.69) is 31.5 Å². The summed E-state index contributed by atoms with van der Waals surface area (Å²) in [6.45, 7) is 0. The molecular weight excluding hydrogens is 368 g/mol. The number of aromatic nitrogens is 4. The quantitative estimate of drug-likeness (QED) is 0.696. The fraction of sp³-hybridized carbons (Fsp3) is 0.0714. The second kappa shape index (κ2) is 5.98. The molecule has 0 bridgehead atoms. The van der Waals surface area contributed by atoms with Crippen LogP contribution in [0.3, 0.4) is 0 Å². The molecule has 6 nitrogen and oxygen atoms in total. The zero-order valence-corrected chi connectivity index (χ0v) is 13.7. The molecule has 0 amide bonds. The fourth-order valence-electron chi connectivity index (χ4n) is 1.97. The van der Waals surface area contributed by atoms with Crippen molar-refractivity contribution >= 4 is 25.8 Å². The van der Waals surface area contributed by atoms with E-state index in [-0.39, 0.29) is 10.9 Å². The lowest BCUT2D eigenvalue weighted by molar-refractivity contribution is 0.579. The first kappa shape index (κ1) is 14.9. The van der Waals surface area contributed by atoms with Crippen LogP contribution >= 0.6 is 15.9 Å². The number of para-hydroxylation sites is 1. The molecule has 1 heterocycles. The highest BCUT2D eigenvalue weighted by atomic mass is 79.9. The maximum Gasteiger partial charge on any atom is 0.272 e. The van der Waals surface area contributed by atoms with Gasteiger partial charge in [0.1, 0.15) is 0 Å². The summed E-state index contributed by atoms with van der Waals surface area (Å²) in [5.41, 5.74) is 1.27. The summed E-state index contributed by atoms with van der Waals surface area (Å²) in [6, 6.07) is 16.0. The number of tetrazole rings is 1. The van der Waals surface area contributed by atoms with E-state index in [9.17, 15) is 8.42 Å². The third-order valence-electron chi connectivity index (χ3n) is 2.99. The van der Waals surface area contributed by atoms with Crippen molar-refractivity contribution < 1.29 is 8.42 Å². The van der Waals surface area contributed by atoms with E-state index >= 15 is 0 Å². The average Bonchev–Trinajstić information content (AvgIpc) is 3.01. The van der Waals surface area contributed by atoms with Gasteiger partial charge in [-0.05, 0) is 40.3 Å². The second-order valence-corrected chi connectivity index (χ2v) is 7.39. The van der Waals surface area contributed by atoms with Crippen molar-refractivity contribution in [3.63, 3.8) is 0 Å². The number of rotatable bonds is 4. The van der Waals surface area contributed by atoms with Crippen molar-refractivity contribution in [3.05, 3.63) is 64.6 Å². The summed E-state index contributed by atoms with van der Waals surface area (Å²) in [5.74, 6) is -0.159. The number of nitrogens with zero attached hydrogens (tertiary/aromatic N) is 4. The first-order chi connectivity index (χ1) is 10.6. The van der Waals surface area contributed by atoms with Crippen LogP contribution in [0.2, 0.25) is 0 Å². The number of hydrogen-bond donors (Lipinski definition) is 0. The fourth-order valence-corrected chi connectivity index (χ4v) is 3.56. The van der Waals surface area contributed by atoms with Crippen molar-refractivity contribution in [2.75, 3.05) is 0 Å². The van der Waals surface area contributed by atoms with Crippen molar-refractivity contribution in [1.29, 1.82) is 0 Å². The van der Waals surface area contributed by atoms with Gasteiger partial charge in [0.25, 0.3) is 5.16 Å². The third-order valence-corrected chi connectivity index (χ3v) is 5.04. The van der Waals surface area contributed by atoms with E-state index in [0.29, 0.717) is 11.3 Å². The van der Waals surface area contributed by atoms with Crippen LogP contribution in [0.5, 0.6) is 0 Å². The Morgan fingerprint density at radius 1 is 1.00 bits per heavy atom. The summed E-state index contributed by atoms with van der Waals surface area (Å²) in [6.07, 6.45) is 0. The van der Waals surface area contributed by atoms with Gasteiger partial charge in [-0.15, -0.1) is 0 Å². The van der Waals surface area contributed by atoms with Gasteiger partial charge < -0.3 is 0 Å². The number of benzene rings is 2. The minimum Gasteiger partial charge on any atom is -0.220 e. The Labute approximate surface area is 135 Å². The molecule has 0 saturated carbocycles. The van der Waals surface area contributed by atoms with E-state index in [1.807, 2.05) is 6.07 Å². The molecule has 3 aromatic rings. The molecule has 0 fully saturated rings.